The molecule has 0 fully saturated rings. The van der Waals surface area contributed by atoms with Crippen LogP contribution in [0.5, 0.6) is 0 Å². The van der Waals surface area contributed by atoms with E-state index in [1.807, 2.05) is 78.9 Å². The standard InChI is InChI=1S/C30H30N2O7/c1-20(33)39-19-31-29(35)27(15-16-28(34)37-17-21-9-3-2-4-10-21)32-30(36)38-18-26-24-13-7-5-11-22(24)23-12-6-8-14-25(23)26/h2-14,26-27H,15-19H2,1H3,(H,31,35)(H,32,36)/t27-/m0/s1. The highest BCUT2D eigenvalue weighted by molar-refractivity contribution is 5.86. The Morgan fingerprint density at radius 2 is 1.41 bits per heavy atom. The van der Waals surface area contributed by atoms with Crippen LogP contribution < -0.4 is 10.6 Å². The van der Waals surface area contributed by atoms with Gasteiger partial charge in [-0.1, -0.05) is 78.9 Å². The smallest absolute Gasteiger partial charge is 0.407 e. The summed E-state index contributed by atoms with van der Waals surface area (Å²) < 4.78 is 15.6. The summed E-state index contributed by atoms with van der Waals surface area (Å²) in [6.07, 6.45) is -0.964. The summed E-state index contributed by atoms with van der Waals surface area (Å²) >= 11 is 0. The number of benzene rings is 3. The molecular weight excluding hydrogens is 500 g/mol. The molecule has 0 radical (unpaired) electrons. The topological polar surface area (TPSA) is 120 Å². The van der Waals surface area contributed by atoms with Crippen LogP contribution in [0.1, 0.15) is 42.4 Å². The van der Waals surface area contributed by atoms with E-state index in [-0.39, 0.29) is 38.7 Å². The van der Waals surface area contributed by atoms with E-state index in [4.69, 9.17) is 14.2 Å². The average molecular weight is 531 g/mol. The van der Waals surface area contributed by atoms with Gasteiger partial charge in [0.05, 0.1) is 0 Å². The monoisotopic (exact) mass is 530 g/mol. The molecule has 202 valence electrons. The van der Waals surface area contributed by atoms with Crippen LogP contribution >= 0.6 is 0 Å². The minimum atomic E-state index is -1.11. The van der Waals surface area contributed by atoms with Crippen LogP contribution in [-0.2, 0) is 35.2 Å². The van der Waals surface area contributed by atoms with Gasteiger partial charge in [-0.2, -0.15) is 0 Å². The van der Waals surface area contributed by atoms with E-state index in [1.165, 1.54) is 6.92 Å². The van der Waals surface area contributed by atoms with Gasteiger partial charge in [-0.15, -0.1) is 0 Å². The van der Waals surface area contributed by atoms with Crippen molar-refractivity contribution in [3.05, 3.63) is 95.6 Å². The predicted molar refractivity (Wildman–Crippen MR) is 142 cm³/mol. The van der Waals surface area contributed by atoms with Crippen LogP contribution in [0.3, 0.4) is 0 Å². The van der Waals surface area contributed by atoms with Crippen LogP contribution in [0.2, 0.25) is 0 Å². The Hall–Kier alpha value is -4.66. The van der Waals surface area contributed by atoms with Crippen molar-refractivity contribution < 1.29 is 33.4 Å². The zero-order valence-corrected chi connectivity index (χ0v) is 21.6. The highest BCUT2D eigenvalue weighted by Gasteiger charge is 2.30. The van der Waals surface area contributed by atoms with Crippen molar-refractivity contribution in [1.29, 1.82) is 0 Å². The largest absolute Gasteiger partial charge is 0.461 e. The molecule has 2 amide bonds. The Morgan fingerprint density at radius 3 is 2.05 bits per heavy atom. The van der Waals surface area contributed by atoms with Crippen molar-refractivity contribution in [3.8, 4) is 11.1 Å². The van der Waals surface area contributed by atoms with Gasteiger partial charge in [0.2, 0.25) is 5.91 Å². The number of carbonyl (C=O) groups excluding carboxylic acids is 4. The number of ether oxygens (including phenoxy) is 3. The second-order valence-corrected chi connectivity index (χ2v) is 9.03. The normalized spacial score (nSPS) is 12.4. The molecule has 0 unspecified atom stereocenters. The van der Waals surface area contributed by atoms with E-state index < -0.39 is 30.0 Å². The van der Waals surface area contributed by atoms with Gasteiger partial charge < -0.3 is 24.8 Å². The molecule has 2 N–H and O–H groups in total. The molecule has 3 aromatic rings. The number of alkyl carbamates (subject to hydrolysis) is 1. The zero-order chi connectivity index (χ0) is 27.6. The Balaban J connectivity index is 1.34. The van der Waals surface area contributed by atoms with E-state index in [0.717, 1.165) is 27.8 Å². The summed E-state index contributed by atoms with van der Waals surface area (Å²) in [6.45, 7) is 1.01. The number of rotatable bonds is 11. The molecule has 0 spiro atoms. The van der Waals surface area contributed by atoms with Gasteiger partial charge in [0.15, 0.2) is 6.73 Å². The summed E-state index contributed by atoms with van der Waals surface area (Å²) in [4.78, 5) is 48.8. The molecule has 9 heteroatoms. The number of esters is 2. The molecule has 1 atom stereocenters. The van der Waals surface area contributed by atoms with Gasteiger partial charge >= 0.3 is 18.0 Å². The highest BCUT2D eigenvalue weighted by atomic mass is 16.6. The lowest BCUT2D eigenvalue weighted by atomic mass is 9.98. The molecular formula is C30H30N2O7. The second kappa shape index (κ2) is 13.2. The van der Waals surface area contributed by atoms with E-state index >= 15 is 0 Å². The number of carbonyl (C=O) groups is 4. The van der Waals surface area contributed by atoms with Crippen LogP contribution in [0.15, 0.2) is 78.9 Å². The first-order valence-electron chi connectivity index (χ1n) is 12.6. The van der Waals surface area contributed by atoms with Crippen LogP contribution in [0, 0.1) is 0 Å². The summed E-state index contributed by atoms with van der Waals surface area (Å²) in [5.74, 6) is -1.86. The molecule has 4 rings (SSSR count). The third-order valence-electron chi connectivity index (χ3n) is 6.35. The minimum absolute atomic E-state index is 0.0380. The Morgan fingerprint density at radius 1 is 0.795 bits per heavy atom. The van der Waals surface area contributed by atoms with Gasteiger partial charge in [0.1, 0.15) is 19.3 Å². The van der Waals surface area contributed by atoms with Gasteiger partial charge in [-0.3, -0.25) is 14.4 Å². The number of nitrogens with one attached hydrogen (secondary N) is 2. The third kappa shape index (κ3) is 7.44. The summed E-state index contributed by atoms with van der Waals surface area (Å²) in [6, 6.07) is 24.0. The van der Waals surface area contributed by atoms with Crippen molar-refractivity contribution in [1.82, 2.24) is 10.6 Å². The van der Waals surface area contributed by atoms with Crippen molar-refractivity contribution >= 4 is 23.9 Å². The van der Waals surface area contributed by atoms with E-state index in [1.54, 1.807) is 0 Å². The molecule has 3 aromatic carbocycles. The van der Waals surface area contributed by atoms with Crippen molar-refractivity contribution in [2.75, 3.05) is 13.3 Å². The molecule has 1 aliphatic rings. The maximum atomic E-state index is 12.8. The number of fused-ring (bicyclic) bond motifs is 3. The maximum Gasteiger partial charge on any atom is 0.407 e. The van der Waals surface area contributed by atoms with Gasteiger partial charge in [-0.25, -0.2) is 4.79 Å². The predicted octanol–water partition coefficient (Wildman–Crippen LogP) is 4.05. The van der Waals surface area contributed by atoms with E-state index in [2.05, 4.69) is 10.6 Å². The number of amides is 2. The van der Waals surface area contributed by atoms with Crippen LogP contribution in [-0.4, -0.2) is 43.3 Å². The van der Waals surface area contributed by atoms with Crippen molar-refractivity contribution in [2.45, 2.75) is 38.3 Å². The van der Waals surface area contributed by atoms with E-state index in [0.29, 0.717) is 0 Å². The first-order valence-corrected chi connectivity index (χ1v) is 12.6. The first-order chi connectivity index (χ1) is 18.9. The summed E-state index contributed by atoms with van der Waals surface area (Å²) in [5.41, 5.74) is 5.14. The molecule has 9 nitrogen and oxygen atoms in total. The van der Waals surface area contributed by atoms with Gasteiger partial charge in [-0.05, 0) is 34.2 Å². The quantitative estimate of drug-likeness (QED) is 0.218. The molecule has 0 aromatic heterocycles. The van der Waals surface area contributed by atoms with Gasteiger partial charge in [0, 0.05) is 19.3 Å². The molecule has 1 aliphatic carbocycles. The van der Waals surface area contributed by atoms with Gasteiger partial charge in [0.25, 0.3) is 0 Å². The maximum absolute atomic E-state index is 12.8. The highest BCUT2D eigenvalue weighted by Crippen LogP contribution is 2.44. The third-order valence-corrected chi connectivity index (χ3v) is 6.35. The average Bonchev–Trinajstić information content (AvgIpc) is 3.27. The van der Waals surface area contributed by atoms with Crippen molar-refractivity contribution in [2.24, 2.45) is 0 Å². The zero-order valence-electron chi connectivity index (χ0n) is 21.6. The van der Waals surface area contributed by atoms with Crippen molar-refractivity contribution in [3.63, 3.8) is 0 Å². The number of hydrogen-bond acceptors (Lipinski definition) is 7. The Kier molecular flexibility index (Phi) is 9.29. The summed E-state index contributed by atoms with van der Waals surface area (Å²) in [5, 5.41) is 4.95. The Labute approximate surface area is 226 Å². The number of hydrogen-bond donors (Lipinski definition) is 2. The fourth-order valence-electron chi connectivity index (χ4n) is 4.46. The summed E-state index contributed by atoms with van der Waals surface area (Å²) in [7, 11) is 0. The van der Waals surface area contributed by atoms with Crippen LogP contribution in [0.4, 0.5) is 4.79 Å². The Bertz CT molecular complexity index is 1280. The second-order valence-electron chi connectivity index (χ2n) is 9.03. The van der Waals surface area contributed by atoms with Crippen LogP contribution in [0.25, 0.3) is 11.1 Å². The molecule has 0 bridgehead atoms. The lowest BCUT2D eigenvalue weighted by molar-refractivity contribution is -0.145. The minimum Gasteiger partial charge on any atom is -0.461 e. The molecule has 0 heterocycles. The first kappa shape index (κ1) is 27.4. The SMILES string of the molecule is CC(=O)OCNC(=O)[C@H](CCC(=O)OCc1ccccc1)NC(=O)OCC1c2ccccc2-c2ccccc21. The lowest BCUT2D eigenvalue weighted by Crippen LogP contribution is -2.48. The fraction of sp³-hybridized carbons (Fsp3) is 0.267. The molecule has 0 aliphatic heterocycles. The molecule has 39 heavy (non-hydrogen) atoms. The lowest BCUT2D eigenvalue weighted by Gasteiger charge is -2.19. The molecule has 0 saturated heterocycles. The fourth-order valence-corrected chi connectivity index (χ4v) is 4.46. The van der Waals surface area contributed by atoms with E-state index in [9.17, 15) is 19.2 Å². The molecule has 0 saturated carbocycles.